The summed E-state index contributed by atoms with van der Waals surface area (Å²) in [5.74, 6) is 1.68. The number of methoxy groups -OCH3 is 1. The van der Waals surface area contributed by atoms with Crippen molar-refractivity contribution in [1.82, 2.24) is 20.5 Å². The molecule has 7 nitrogen and oxygen atoms in total. The first kappa shape index (κ1) is 21.6. The van der Waals surface area contributed by atoms with Gasteiger partial charge in [0.2, 0.25) is 0 Å². The van der Waals surface area contributed by atoms with Crippen LogP contribution < -0.4 is 15.0 Å². The van der Waals surface area contributed by atoms with Crippen LogP contribution in [0.4, 0.5) is 5.82 Å². The first-order chi connectivity index (χ1) is 15.8. The molecule has 0 radical (unpaired) electrons. The number of aromatic hydroxyl groups is 1. The summed E-state index contributed by atoms with van der Waals surface area (Å²) in [7, 11) is 3.72. The number of aromatic nitrogens is 3. The van der Waals surface area contributed by atoms with Crippen LogP contribution in [0.2, 0.25) is 0 Å². The fraction of sp³-hybridized carbons (Fsp3) is 0.423. The maximum atomic E-state index is 10.7. The van der Waals surface area contributed by atoms with E-state index in [1.54, 1.807) is 25.6 Å². The average Bonchev–Trinajstić information content (AvgIpc) is 3.05. The van der Waals surface area contributed by atoms with Gasteiger partial charge < -0.3 is 20.1 Å². The molecule has 5 rings (SSSR count). The van der Waals surface area contributed by atoms with E-state index >= 15 is 0 Å². The number of piperidine rings is 1. The fourth-order valence-electron chi connectivity index (χ4n) is 5.56. The molecule has 2 N–H and O–H groups in total. The molecule has 2 saturated heterocycles. The molecule has 0 unspecified atom stereocenters. The zero-order valence-electron chi connectivity index (χ0n) is 19.7. The molecule has 33 heavy (non-hydrogen) atoms. The van der Waals surface area contributed by atoms with Crippen molar-refractivity contribution in [2.75, 3.05) is 19.1 Å². The molecule has 1 aromatic carbocycles. The highest BCUT2D eigenvalue weighted by Gasteiger charge is 2.49. The summed E-state index contributed by atoms with van der Waals surface area (Å²) in [6.45, 7) is 4.67. The van der Waals surface area contributed by atoms with E-state index in [4.69, 9.17) is 4.74 Å². The second-order valence-electron chi connectivity index (χ2n) is 10.0. The molecule has 2 bridgehead atoms. The number of rotatable bonds is 5. The topological polar surface area (TPSA) is 83.4 Å². The Balaban J connectivity index is 1.35. The highest BCUT2D eigenvalue weighted by molar-refractivity contribution is 5.74. The summed E-state index contributed by atoms with van der Waals surface area (Å²) in [5.41, 5.74) is 3.42. The van der Waals surface area contributed by atoms with Crippen LogP contribution in [-0.4, -0.2) is 51.6 Å². The minimum atomic E-state index is 0.154. The molecule has 3 atom stereocenters. The Bertz CT molecular complexity index is 1150. The van der Waals surface area contributed by atoms with Crippen LogP contribution in [0.5, 0.6) is 11.5 Å². The van der Waals surface area contributed by atoms with Gasteiger partial charge in [0.25, 0.3) is 0 Å². The Labute approximate surface area is 194 Å². The minimum absolute atomic E-state index is 0.154. The number of ether oxygens (including phenoxy) is 1. The fourth-order valence-corrected chi connectivity index (χ4v) is 5.56. The first-order valence-electron chi connectivity index (χ1n) is 11.5. The van der Waals surface area contributed by atoms with E-state index in [-0.39, 0.29) is 16.8 Å². The Morgan fingerprint density at radius 1 is 1.00 bits per heavy atom. The predicted octanol–water partition coefficient (Wildman–Crippen LogP) is 4.42. The van der Waals surface area contributed by atoms with Crippen LogP contribution in [0.3, 0.4) is 0 Å². The number of nitrogens with zero attached hydrogens (tertiary/aromatic N) is 4. The van der Waals surface area contributed by atoms with Crippen LogP contribution in [-0.2, 0) is 0 Å². The third-order valence-electron chi connectivity index (χ3n) is 7.32. The Kier molecular flexibility index (Phi) is 5.24. The van der Waals surface area contributed by atoms with Gasteiger partial charge in [-0.2, -0.15) is 0 Å². The minimum Gasteiger partial charge on any atom is -0.507 e. The number of phenolic OH excluding ortho intramolecular Hbond substituents is 1. The lowest BCUT2D eigenvalue weighted by atomic mass is 9.84. The lowest BCUT2D eigenvalue weighted by Crippen LogP contribution is -2.58. The molecule has 2 fully saturated rings. The molecule has 4 heterocycles. The summed E-state index contributed by atoms with van der Waals surface area (Å²) in [4.78, 5) is 6.45. The normalized spacial score (nSPS) is 26.2. The highest BCUT2D eigenvalue weighted by Crippen LogP contribution is 2.44. The molecular weight excluding hydrogens is 414 g/mol. The van der Waals surface area contributed by atoms with Gasteiger partial charge in [-0.1, -0.05) is 6.07 Å². The average molecular weight is 446 g/mol. The zero-order valence-corrected chi connectivity index (χ0v) is 19.7. The van der Waals surface area contributed by atoms with Crippen molar-refractivity contribution in [1.29, 1.82) is 0 Å². The van der Waals surface area contributed by atoms with Gasteiger partial charge in [0.15, 0.2) is 5.82 Å². The molecule has 0 aliphatic carbocycles. The monoisotopic (exact) mass is 445 g/mol. The summed E-state index contributed by atoms with van der Waals surface area (Å²) in [6.07, 6.45) is 8.04. The van der Waals surface area contributed by atoms with Crippen molar-refractivity contribution in [3.05, 3.63) is 48.8 Å². The Morgan fingerprint density at radius 3 is 2.39 bits per heavy atom. The van der Waals surface area contributed by atoms with Crippen molar-refractivity contribution in [2.24, 2.45) is 0 Å². The summed E-state index contributed by atoms with van der Waals surface area (Å²) in [5, 5.41) is 23.5. The van der Waals surface area contributed by atoms with E-state index in [2.05, 4.69) is 46.3 Å². The molecular formula is C26H31N5O2. The lowest BCUT2D eigenvalue weighted by Gasteiger charge is -2.45. The molecule has 2 aliphatic heterocycles. The summed E-state index contributed by atoms with van der Waals surface area (Å²) in [6, 6.07) is 11.8. The van der Waals surface area contributed by atoms with Crippen LogP contribution in [0.15, 0.2) is 48.8 Å². The van der Waals surface area contributed by atoms with Gasteiger partial charge in [-0.05, 0) is 75.4 Å². The van der Waals surface area contributed by atoms with Crippen LogP contribution in [0.1, 0.15) is 39.5 Å². The Hall–Kier alpha value is -3.19. The number of phenols is 1. The quantitative estimate of drug-likeness (QED) is 0.601. The molecule has 2 aliphatic rings. The number of pyridine rings is 1. The van der Waals surface area contributed by atoms with Crippen molar-refractivity contribution < 1.29 is 9.84 Å². The molecule has 3 aromatic rings. The van der Waals surface area contributed by atoms with Crippen LogP contribution >= 0.6 is 0 Å². The second-order valence-corrected chi connectivity index (χ2v) is 10.0. The van der Waals surface area contributed by atoms with Gasteiger partial charge in [0.1, 0.15) is 11.5 Å². The molecule has 0 amide bonds. The van der Waals surface area contributed by atoms with E-state index in [9.17, 15) is 5.11 Å². The van der Waals surface area contributed by atoms with Crippen molar-refractivity contribution >= 4 is 5.82 Å². The van der Waals surface area contributed by atoms with Crippen molar-refractivity contribution in [3.63, 3.8) is 0 Å². The smallest absolute Gasteiger partial charge is 0.151 e. The lowest BCUT2D eigenvalue weighted by molar-refractivity contribution is 0.207. The van der Waals surface area contributed by atoms with Gasteiger partial charge in [0, 0.05) is 41.5 Å². The first-order valence-corrected chi connectivity index (χ1v) is 11.5. The molecule has 7 heteroatoms. The number of benzene rings is 1. The molecule has 2 aromatic heterocycles. The number of fused-ring (bicyclic) bond motifs is 2. The second kappa shape index (κ2) is 7.99. The van der Waals surface area contributed by atoms with Gasteiger partial charge in [-0.15, -0.1) is 10.2 Å². The van der Waals surface area contributed by atoms with Crippen molar-refractivity contribution in [3.8, 4) is 33.9 Å². The van der Waals surface area contributed by atoms with E-state index < -0.39 is 0 Å². The summed E-state index contributed by atoms with van der Waals surface area (Å²) < 4.78 is 5.25. The van der Waals surface area contributed by atoms with E-state index in [1.807, 2.05) is 30.3 Å². The Morgan fingerprint density at radius 2 is 1.76 bits per heavy atom. The molecule has 172 valence electrons. The third-order valence-corrected chi connectivity index (χ3v) is 7.32. The zero-order chi connectivity index (χ0) is 23.2. The number of nitrogens with one attached hydrogen (secondary N) is 1. The maximum absolute atomic E-state index is 10.7. The van der Waals surface area contributed by atoms with Crippen molar-refractivity contribution in [2.45, 2.75) is 56.7 Å². The third kappa shape index (κ3) is 4.13. The molecule has 0 spiro atoms. The van der Waals surface area contributed by atoms with Gasteiger partial charge in [-0.25, -0.2) is 0 Å². The predicted molar refractivity (Wildman–Crippen MR) is 130 cm³/mol. The van der Waals surface area contributed by atoms with E-state index in [0.29, 0.717) is 23.0 Å². The maximum Gasteiger partial charge on any atom is 0.151 e. The van der Waals surface area contributed by atoms with Crippen LogP contribution in [0.25, 0.3) is 22.4 Å². The SMILES string of the molecule is COc1cncc(-c2ccc(-c3ccc(N(C)[C@@H]4C[C@]5(C)CC[C@](C)(C4)N5)nn3)c(O)c2)c1. The molecule has 0 saturated carbocycles. The largest absolute Gasteiger partial charge is 0.507 e. The van der Waals surface area contributed by atoms with Gasteiger partial charge in [0.05, 0.1) is 19.0 Å². The summed E-state index contributed by atoms with van der Waals surface area (Å²) >= 11 is 0. The van der Waals surface area contributed by atoms with E-state index in [1.165, 1.54) is 12.8 Å². The standard InChI is InChI=1S/C26H31N5O2/c1-25-9-10-26(2,30-25)14-19(13-25)31(3)24-8-7-22(28-29-24)21-6-5-17(12-23(21)32)18-11-20(33-4)16-27-15-18/h5-8,11-12,15-16,19,30,32H,9-10,13-14H2,1-4H3/t19-,25+,26-. The highest BCUT2D eigenvalue weighted by atomic mass is 16.5. The van der Waals surface area contributed by atoms with Gasteiger partial charge in [-0.3, -0.25) is 4.98 Å². The number of anilines is 1. The number of hydrogen-bond donors (Lipinski definition) is 2. The van der Waals surface area contributed by atoms with E-state index in [0.717, 1.165) is 29.8 Å². The van der Waals surface area contributed by atoms with Gasteiger partial charge >= 0.3 is 0 Å². The van der Waals surface area contributed by atoms with Crippen LogP contribution in [0, 0.1) is 0 Å². The number of hydrogen-bond acceptors (Lipinski definition) is 7.